The topological polar surface area (TPSA) is 46.6 Å². The number of hydrogen-bond donors (Lipinski definition) is 0. The summed E-state index contributed by atoms with van der Waals surface area (Å²) in [5.41, 5.74) is 3.30. The first-order valence-corrected chi connectivity index (χ1v) is 6.56. The van der Waals surface area contributed by atoms with E-state index in [0.717, 1.165) is 17.5 Å². The van der Waals surface area contributed by atoms with E-state index >= 15 is 0 Å². The Bertz CT molecular complexity index is 496. The summed E-state index contributed by atoms with van der Waals surface area (Å²) in [5, 5.41) is 0. The van der Waals surface area contributed by atoms with Crippen LogP contribution in [-0.4, -0.2) is 29.9 Å². The van der Waals surface area contributed by atoms with Gasteiger partial charge in [-0.15, -0.1) is 0 Å². The summed E-state index contributed by atoms with van der Waals surface area (Å²) < 4.78 is 5.27. The second kappa shape index (κ2) is 5.87. The molecular weight excluding hydrogens is 242 g/mol. The molecule has 1 heterocycles. The molecule has 0 saturated carbocycles. The Kier molecular flexibility index (Phi) is 4.20. The minimum Gasteiger partial charge on any atom is -0.445 e. The summed E-state index contributed by atoms with van der Waals surface area (Å²) in [6, 6.07) is 6.04. The molecule has 1 aromatic rings. The number of rotatable bonds is 2. The van der Waals surface area contributed by atoms with Crippen molar-refractivity contribution >= 4 is 11.9 Å². The van der Waals surface area contributed by atoms with Gasteiger partial charge >= 0.3 is 6.09 Å². The average Bonchev–Trinajstić information content (AvgIpc) is 2.37. The van der Waals surface area contributed by atoms with Crippen LogP contribution < -0.4 is 0 Å². The maximum atomic E-state index is 11.8. The molecule has 1 fully saturated rings. The van der Waals surface area contributed by atoms with E-state index in [-0.39, 0.29) is 18.9 Å². The van der Waals surface area contributed by atoms with Crippen LogP contribution in [-0.2, 0) is 16.1 Å². The Hall–Kier alpha value is -1.84. The van der Waals surface area contributed by atoms with E-state index in [1.807, 2.05) is 26.0 Å². The van der Waals surface area contributed by atoms with E-state index in [9.17, 15) is 9.59 Å². The van der Waals surface area contributed by atoms with E-state index in [1.165, 1.54) is 10.5 Å². The Morgan fingerprint density at radius 1 is 1.37 bits per heavy atom. The van der Waals surface area contributed by atoms with Gasteiger partial charge in [0.1, 0.15) is 6.61 Å². The van der Waals surface area contributed by atoms with Gasteiger partial charge in [-0.05, 0) is 31.4 Å². The van der Waals surface area contributed by atoms with Crippen molar-refractivity contribution in [3.8, 4) is 0 Å². The van der Waals surface area contributed by atoms with Crippen LogP contribution in [0.3, 0.4) is 0 Å². The zero-order valence-electron chi connectivity index (χ0n) is 11.4. The van der Waals surface area contributed by atoms with E-state index in [0.29, 0.717) is 13.0 Å². The van der Waals surface area contributed by atoms with Crippen molar-refractivity contribution in [2.45, 2.75) is 33.3 Å². The normalized spacial score (nSPS) is 15.5. The fourth-order valence-electron chi connectivity index (χ4n) is 2.23. The molecule has 0 N–H and O–H groups in total. The average molecular weight is 261 g/mol. The molecule has 2 rings (SSSR count). The van der Waals surface area contributed by atoms with Crippen LogP contribution >= 0.6 is 0 Å². The SMILES string of the molecule is Cc1ccc(COC(=O)N2CCCC(=O)C2)c(C)c1. The fraction of sp³-hybridized carbons (Fsp3) is 0.467. The number of Topliss-reactive ketones (excluding diaryl/α,β-unsaturated/α-hetero) is 1. The molecule has 1 aliphatic heterocycles. The number of piperidine rings is 1. The molecule has 0 spiro atoms. The third-order valence-corrected chi connectivity index (χ3v) is 3.36. The first-order valence-electron chi connectivity index (χ1n) is 6.56. The maximum Gasteiger partial charge on any atom is 0.410 e. The van der Waals surface area contributed by atoms with E-state index in [1.54, 1.807) is 0 Å². The predicted molar refractivity (Wildman–Crippen MR) is 71.9 cm³/mol. The van der Waals surface area contributed by atoms with Crippen LogP contribution in [0.2, 0.25) is 0 Å². The number of ketones is 1. The van der Waals surface area contributed by atoms with Crippen molar-refractivity contribution in [3.63, 3.8) is 0 Å². The number of ether oxygens (including phenoxy) is 1. The fourth-order valence-corrected chi connectivity index (χ4v) is 2.23. The Morgan fingerprint density at radius 2 is 2.16 bits per heavy atom. The van der Waals surface area contributed by atoms with Gasteiger partial charge in [-0.2, -0.15) is 0 Å². The molecule has 0 unspecified atom stereocenters. The van der Waals surface area contributed by atoms with Gasteiger partial charge < -0.3 is 9.64 Å². The zero-order chi connectivity index (χ0) is 13.8. The number of benzene rings is 1. The van der Waals surface area contributed by atoms with Gasteiger partial charge in [0.15, 0.2) is 5.78 Å². The zero-order valence-corrected chi connectivity index (χ0v) is 11.4. The third-order valence-electron chi connectivity index (χ3n) is 3.36. The highest BCUT2D eigenvalue weighted by Gasteiger charge is 2.22. The van der Waals surface area contributed by atoms with Crippen LogP contribution in [0.5, 0.6) is 0 Å². The summed E-state index contributed by atoms with van der Waals surface area (Å²) in [6.45, 7) is 5.08. The highest BCUT2D eigenvalue weighted by atomic mass is 16.6. The molecule has 102 valence electrons. The third kappa shape index (κ3) is 3.56. The number of hydrogen-bond acceptors (Lipinski definition) is 3. The number of nitrogens with zero attached hydrogens (tertiary/aromatic N) is 1. The molecule has 4 nitrogen and oxygen atoms in total. The summed E-state index contributed by atoms with van der Waals surface area (Å²) in [6.07, 6.45) is 0.909. The van der Waals surface area contributed by atoms with E-state index in [2.05, 4.69) is 6.07 Å². The minimum absolute atomic E-state index is 0.106. The number of amides is 1. The number of carbonyl (C=O) groups excluding carboxylic acids is 2. The highest BCUT2D eigenvalue weighted by Crippen LogP contribution is 2.13. The molecule has 0 aliphatic carbocycles. The summed E-state index contributed by atoms with van der Waals surface area (Å²) >= 11 is 0. The molecule has 1 aliphatic rings. The van der Waals surface area contributed by atoms with Crippen LogP contribution in [0.15, 0.2) is 18.2 Å². The monoisotopic (exact) mass is 261 g/mol. The molecule has 4 heteroatoms. The lowest BCUT2D eigenvalue weighted by Crippen LogP contribution is -2.40. The molecule has 0 aromatic heterocycles. The van der Waals surface area contributed by atoms with Crippen LogP contribution in [0.1, 0.15) is 29.5 Å². The van der Waals surface area contributed by atoms with Crippen molar-refractivity contribution in [2.75, 3.05) is 13.1 Å². The van der Waals surface area contributed by atoms with E-state index < -0.39 is 6.09 Å². The highest BCUT2D eigenvalue weighted by molar-refractivity contribution is 5.85. The van der Waals surface area contributed by atoms with Crippen LogP contribution in [0.25, 0.3) is 0 Å². The second-order valence-electron chi connectivity index (χ2n) is 5.05. The predicted octanol–water partition coefficient (Wildman–Crippen LogP) is 2.60. The Balaban J connectivity index is 1.91. The number of aryl methyl sites for hydroxylation is 2. The van der Waals surface area contributed by atoms with Crippen LogP contribution in [0.4, 0.5) is 4.79 Å². The lowest BCUT2D eigenvalue weighted by molar-refractivity contribution is -0.121. The number of likely N-dealkylation sites (tertiary alicyclic amines) is 1. The molecule has 1 amide bonds. The standard InChI is InChI=1S/C15H19NO3/c1-11-5-6-13(12(2)8-11)10-19-15(18)16-7-3-4-14(17)9-16/h5-6,8H,3-4,7,9-10H2,1-2H3. The Morgan fingerprint density at radius 3 is 2.84 bits per heavy atom. The van der Waals surface area contributed by atoms with E-state index in [4.69, 9.17) is 4.74 Å². The molecule has 1 aromatic carbocycles. The lowest BCUT2D eigenvalue weighted by Gasteiger charge is -2.25. The van der Waals surface area contributed by atoms with Gasteiger partial charge in [-0.1, -0.05) is 23.8 Å². The van der Waals surface area contributed by atoms with Gasteiger partial charge in [0.2, 0.25) is 0 Å². The largest absolute Gasteiger partial charge is 0.445 e. The van der Waals surface area contributed by atoms with Crippen molar-refractivity contribution in [3.05, 3.63) is 34.9 Å². The first kappa shape index (κ1) is 13.6. The van der Waals surface area contributed by atoms with Crippen LogP contribution in [0, 0.1) is 13.8 Å². The van der Waals surface area contributed by atoms with Gasteiger partial charge in [-0.3, -0.25) is 4.79 Å². The van der Waals surface area contributed by atoms with Crippen molar-refractivity contribution in [1.29, 1.82) is 0 Å². The quantitative estimate of drug-likeness (QED) is 0.822. The molecule has 0 bridgehead atoms. The van der Waals surface area contributed by atoms with Crippen molar-refractivity contribution in [1.82, 2.24) is 4.90 Å². The van der Waals surface area contributed by atoms with Crippen molar-refractivity contribution < 1.29 is 14.3 Å². The van der Waals surface area contributed by atoms with Gasteiger partial charge in [0.25, 0.3) is 0 Å². The van der Waals surface area contributed by atoms with Gasteiger partial charge in [0, 0.05) is 13.0 Å². The Labute approximate surface area is 113 Å². The summed E-state index contributed by atoms with van der Waals surface area (Å²) in [4.78, 5) is 24.6. The van der Waals surface area contributed by atoms with Gasteiger partial charge in [-0.25, -0.2) is 4.79 Å². The van der Waals surface area contributed by atoms with Crippen molar-refractivity contribution in [2.24, 2.45) is 0 Å². The smallest absolute Gasteiger partial charge is 0.410 e. The summed E-state index contributed by atoms with van der Waals surface area (Å²) in [5.74, 6) is 0.106. The molecule has 19 heavy (non-hydrogen) atoms. The summed E-state index contributed by atoms with van der Waals surface area (Å²) in [7, 11) is 0. The van der Waals surface area contributed by atoms with Gasteiger partial charge in [0.05, 0.1) is 6.54 Å². The minimum atomic E-state index is -0.395. The molecule has 0 radical (unpaired) electrons. The lowest BCUT2D eigenvalue weighted by atomic mass is 10.1. The molecule has 0 atom stereocenters. The maximum absolute atomic E-state index is 11.8. The second-order valence-corrected chi connectivity index (χ2v) is 5.05. The first-order chi connectivity index (χ1) is 9.06. The molecule has 1 saturated heterocycles. The molecular formula is C15H19NO3. The number of carbonyl (C=O) groups is 2.